The minimum atomic E-state index is -2.90. The van der Waals surface area contributed by atoms with E-state index in [-0.39, 0.29) is 61.0 Å². The summed E-state index contributed by atoms with van der Waals surface area (Å²) in [5.41, 5.74) is 7.40. The first-order valence-electron chi connectivity index (χ1n) is 23.5. The van der Waals surface area contributed by atoms with Gasteiger partial charge in [0.2, 0.25) is 17.7 Å². The van der Waals surface area contributed by atoms with E-state index in [0.29, 0.717) is 44.3 Å². The molecule has 7 rings (SSSR count). The number of carbonyl (C=O) groups excluding carboxylic acids is 5. The molecular weight excluding hydrogens is 875 g/mol. The van der Waals surface area contributed by atoms with Crippen LogP contribution in [0.1, 0.15) is 95.8 Å². The molecule has 0 saturated carbocycles. The number of hydrazine groups is 1. The van der Waals surface area contributed by atoms with Crippen molar-refractivity contribution in [2.45, 2.75) is 111 Å². The van der Waals surface area contributed by atoms with Gasteiger partial charge in [-0.2, -0.15) is 0 Å². The highest BCUT2D eigenvalue weighted by molar-refractivity contribution is 5.96. The number of pyridine rings is 2. The number of aromatic nitrogens is 3. The number of aryl methyl sites for hydroxylation is 1. The average molecular weight is 939 g/mol. The predicted octanol–water partition coefficient (Wildman–Crippen LogP) is 6.60. The molecular formula is C51H64F2N8O7. The molecule has 3 aromatic heterocycles. The van der Waals surface area contributed by atoms with Gasteiger partial charge in [-0.1, -0.05) is 40.3 Å². The summed E-state index contributed by atoms with van der Waals surface area (Å²) in [5.74, 6) is -3.40. The van der Waals surface area contributed by atoms with Crippen LogP contribution < -0.4 is 10.7 Å². The van der Waals surface area contributed by atoms with Crippen molar-refractivity contribution in [2.24, 2.45) is 17.3 Å². The number of cyclic esters (lactones) is 1. The van der Waals surface area contributed by atoms with Gasteiger partial charge in [-0.05, 0) is 93.5 Å². The fourth-order valence-corrected chi connectivity index (χ4v) is 9.95. The molecule has 1 aromatic carbocycles. The lowest BCUT2D eigenvalue weighted by molar-refractivity contribution is -0.155. The van der Waals surface area contributed by atoms with Crippen LogP contribution in [0.5, 0.6) is 0 Å². The lowest BCUT2D eigenvalue weighted by Crippen LogP contribution is -2.62. The van der Waals surface area contributed by atoms with Crippen LogP contribution in [0.15, 0.2) is 61.3 Å². The highest BCUT2D eigenvalue weighted by Crippen LogP contribution is 2.42. The quantitative estimate of drug-likeness (QED) is 0.124. The van der Waals surface area contributed by atoms with Gasteiger partial charge in [0, 0.05) is 91.7 Å². The maximum atomic E-state index is 15.0. The fourth-order valence-electron chi connectivity index (χ4n) is 9.95. The number of alkyl halides is 2. The Morgan fingerprint density at radius 1 is 1.10 bits per heavy atom. The second-order valence-electron chi connectivity index (χ2n) is 19.3. The molecule has 4 aromatic rings. The van der Waals surface area contributed by atoms with Crippen molar-refractivity contribution in [1.29, 1.82) is 0 Å². The maximum Gasteiger partial charge on any atom is 0.324 e. The largest absolute Gasteiger partial charge is 0.464 e. The van der Waals surface area contributed by atoms with Gasteiger partial charge in [-0.15, -0.1) is 0 Å². The number of likely N-dealkylation sites (N-methyl/N-ethyl adjacent to an activating group) is 1. The Kier molecular flexibility index (Phi) is 15.1. The van der Waals surface area contributed by atoms with Crippen molar-refractivity contribution in [1.82, 2.24) is 40.1 Å². The third-order valence-electron chi connectivity index (χ3n) is 13.5. The Balaban J connectivity index is 1.34. The average Bonchev–Trinajstić information content (AvgIpc) is 3.94. The number of nitrogens with one attached hydrogen (secondary N) is 2. The van der Waals surface area contributed by atoms with Gasteiger partial charge in [-0.25, -0.2) is 14.2 Å². The van der Waals surface area contributed by atoms with E-state index in [4.69, 9.17) is 19.4 Å². The Labute approximate surface area is 396 Å². The third kappa shape index (κ3) is 10.3. The molecule has 6 bridgehead atoms. The first kappa shape index (κ1) is 49.8. The van der Waals surface area contributed by atoms with E-state index in [1.165, 1.54) is 40.1 Å². The molecule has 0 aliphatic carbocycles. The molecule has 15 nitrogen and oxygen atoms in total. The van der Waals surface area contributed by atoms with Crippen LogP contribution in [-0.2, 0) is 52.8 Å². The third-order valence-corrected chi connectivity index (χ3v) is 13.5. The van der Waals surface area contributed by atoms with Gasteiger partial charge in [0.1, 0.15) is 18.1 Å². The number of nitrogens with zero attached hydrogens (tertiary/aromatic N) is 6. The van der Waals surface area contributed by atoms with E-state index in [1.54, 1.807) is 27.2 Å². The normalized spacial score (nSPS) is 20.8. The van der Waals surface area contributed by atoms with E-state index >= 15 is 0 Å². The topological polar surface area (TPSA) is 168 Å². The molecule has 2 fully saturated rings. The van der Waals surface area contributed by atoms with Gasteiger partial charge >= 0.3 is 5.97 Å². The summed E-state index contributed by atoms with van der Waals surface area (Å²) >= 11 is 0. The van der Waals surface area contributed by atoms with Crippen molar-refractivity contribution in [2.75, 3.05) is 40.4 Å². The molecule has 4 amide bonds. The number of ether oxygens (including phenoxy) is 2. The summed E-state index contributed by atoms with van der Waals surface area (Å²) in [7, 11) is 3.16. The van der Waals surface area contributed by atoms with Gasteiger partial charge in [0.25, 0.3) is 12.3 Å². The lowest BCUT2D eigenvalue weighted by atomic mass is 9.84. The summed E-state index contributed by atoms with van der Waals surface area (Å²) in [6.07, 6.45) is 1.06. The van der Waals surface area contributed by atoms with E-state index < -0.39 is 59.6 Å². The first-order chi connectivity index (χ1) is 32.4. The Morgan fingerprint density at radius 3 is 2.56 bits per heavy atom. The smallest absolute Gasteiger partial charge is 0.324 e. The predicted molar refractivity (Wildman–Crippen MR) is 253 cm³/mol. The Morgan fingerprint density at radius 2 is 1.87 bits per heavy atom. The number of halogens is 2. The van der Waals surface area contributed by atoms with E-state index in [1.807, 2.05) is 51.1 Å². The number of rotatable bonds is 11. The van der Waals surface area contributed by atoms with Gasteiger partial charge in [0.15, 0.2) is 0 Å². The highest BCUT2D eigenvalue weighted by atomic mass is 19.3. The number of hydrogen-bond acceptors (Lipinski definition) is 10. The molecule has 2 saturated heterocycles. The van der Waals surface area contributed by atoms with Gasteiger partial charge in [0.05, 0.1) is 35.7 Å². The number of methoxy groups -OCH3 is 1. The van der Waals surface area contributed by atoms with Crippen molar-refractivity contribution < 1.29 is 42.2 Å². The Bertz CT molecular complexity index is 2580. The number of esters is 1. The maximum absolute atomic E-state index is 15.0. The van der Waals surface area contributed by atoms with Crippen LogP contribution in [0.25, 0.3) is 33.4 Å². The molecule has 0 spiro atoms. The molecule has 364 valence electrons. The zero-order valence-electron chi connectivity index (χ0n) is 40.3. The molecule has 6 heterocycles. The molecule has 3 aliphatic heterocycles. The molecule has 17 heteroatoms. The SMILES string of the molecule is C=CC(=O)N1CC[C@H](C(=O)N(C)[C@H](C(=O)N[C@H]2Cc3cc(C(F)F)cc(n3)-c3ccc4c(c3)c(c(-c3cccnc3[C@H](C)OC)n4CC)CC(C)(C)COC(=O)[C@@H]3CCCN(N3)C2=O)C(C)C)C1. The fraction of sp³-hybridized carbons (Fsp3) is 0.510. The zero-order chi connectivity index (χ0) is 49.2. The second-order valence-corrected chi connectivity index (χ2v) is 19.3. The minimum absolute atomic E-state index is 0.0383. The number of benzene rings is 1. The molecule has 5 atom stereocenters. The van der Waals surface area contributed by atoms with Gasteiger partial charge < -0.3 is 29.2 Å². The van der Waals surface area contributed by atoms with E-state index in [0.717, 1.165) is 33.4 Å². The number of carbonyl (C=O) groups is 5. The molecule has 0 radical (unpaired) electrons. The minimum Gasteiger partial charge on any atom is -0.464 e. The van der Waals surface area contributed by atoms with Crippen LogP contribution in [0.2, 0.25) is 0 Å². The van der Waals surface area contributed by atoms with Crippen molar-refractivity contribution in [3.63, 3.8) is 0 Å². The summed E-state index contributed by atoms with van der Waals surface area (Å²) in [6, 6.07) is 8.92. The van der Waals surface area contributed by atoms with Crippen molar-refractivity contribution in [3.8, 4) is 22.5 Å². The summed E-state index contributed by atoms with van der Waals surface area (Å²) < 4.78 is 44.0. The number of fused-ring (bicyclic) bond motifs is 6. The van der Waals surface area contributed by atoms with Crippen LogP contribution in [0.4, 0.5) is 8.78 Å². The molecule has 68 heavy (non-hydrogen) atoms. The molecule has 3 aliphatic rings. The molecule has 0 unspecified atom stereocenters. The Hall–Kier alpha value is -6.07. The van der Waals surface area contributed by atoms with E-state index in [2.05, 4.69) is 28.8 Å². The van der Waals surface area contributed by atoms with Crippen molar-refractivity contribution >= 4 is 40.5 Å². The highest BCUT2D eigenvalue weighted by Gasteiger charge is 2.40. The molecule has 2 N–H and O–H groups in total. The number of likely N-dealkylation sites (tertiary alicyclic amines) is 1. The number of amides is 4. The van der Waals surface area contributed by atoms with Gasteiger partial charge in [-0.3, -0.25) is 38.9 Å². The summed E-state index contributed by atoms with van der Waals surface area (Å²) in [5, 5.41) is 5.01. The van der Waals surface area contributed by atoms with Crippen LogP contribution >= 0.6 is 0 Å². The second kappa shape index (κ2) is 20.7. The first-order valence-corrected chi connectivity index (χ1v) is 23.5. The standard InChI is InChI=1S/C51H64F2N8O7/c1-10-42(62)59-21-18-32(27-59)48(64)58(8)44(29(3)4)47(63)56-40-25-34-22-33(46(52)53)24-39(55-34)31-16-17-41-36(23-31)37(45(60(41)11-2)35-14-12-19-54-43(35)30(5)67-9)26-51(6,7)28-68-50(66)38-15-13-20-61(57-38)49(40)65/h10,12,14,16-17,19,22-24,29-30,32,38,40,44,46,57H,1,11,13,15,18,20-21,25-28H2,2-9H3,(H,56,63)/t30-,32-,38-,40-,44-/m0/s1. The number of hydrogen-bond donors (Lipinski definition) is 2. The lowest BCUT2D eigenvalue weighted by Gasteiger charge is -2.37. The monoisotopic (exact) mass is 938 g/mol. The summed E-state index contributed by atoms with van der Waals surface area (Å²) in [6.45, 7) is 16.5. The van der Waals surface area contributed by atoms with Crippen LogP contribution in [-0.4, -0.2) is 117 Å². The van der Waals surface area contributed by atoms with Crippen LogP contribution in [0.3, 0.4) is 0 Å². The summed E-state index contributed by atoms with van der Waals surface area (Å²) in [4.78, 5) is 82.0. The zero-order valence-corrected chi connectivity index (χ0v) is 40.3. The van der Waals surface area contributed by atoms with E-state index in [9.17, 15) is 32.8 Å². The van der Waals surface area contributed by atoms with Crippen molar-refractivity contribution in [3.05, 3.63) is 83.8 Å². The van der Waals surface area contributed by atoms with Crippen LogP contribution in [0, 0.1) is 17.3 Å².